The Morgan fingerprint density at radius 2 is 1.88 bits per heavy atom. The number of carbonyl (C=O) groups is 1. The molecule has 7 heteroatoms. The van der Waals surface area contributed by atoms with Crippen molar-refractivity contribution < 1.29 is 14.6 Å². The molecule has 6 nitrogen and oxygen atoms in total. The van der Waals surface area contributed by atoms with E-state index in [4.69, 9.17) is 4.74 Å². The fourth-order valence-electron chi connectivity index (χ4n) is 6.59. The first-order chi connectivity index (χ1) is 15.2. The number of hydrogen-bond acceptors (Lipinski definition) is 6. The number of amides is 1. The molecule has 4 aliphatic carbocycles. The van der Waals surface area contributed by atoms with E-state index in [-0.39, 0.29) is 18.1 Å². The topological polar surface area (TPSA) is 83.5 Å². The van der Waals surface area contributed by atoms with Crippen molar-refractivity contribution in [2.75, 3.05) is 19.7 Å². The molecule has 1 aromatic heterocycles. The number of aliphatic hydroxyl groups is 1. The summed E-state index contributed by atoms with van der Waals surface area (Å²) in [7, 11) is 0. The summed E-state index contributed by atoms with van der Waals surface area (Å²) in [6.45, 7) is 7.48. The zero-order chi connectivity index (χ0) is 22.8. The van der Waals surface area contributed by atoms with Crippen LogP contribution < -0.4 is 15.4 Å². The fourth-order valence-corrected chi connectivity index (χ4v) is 7.28. The molecule has 1 amide bonds. The molecule has 4 aliphatic rings. The van der Waals surface area contributed by atoms with Crippen LogP contribution >= 0.6 is 11.3 Å². The smallest absolute Gasteiger partial charge is 0.273 e. The fraction of sp³-hybridized carbons (Fsp3) is 0.840. The van der Waals surface area contributed by atoms with Crippen molar-refractivity contribution in [3.8, 4) is 5.19 Å². The molecule has 1 unspecified atom stereocenters. The Hall–Kier alpha value is -1.18. The van der Waals surface area contributed by atoms with E-state index >= 15 is 0 Å². The van der Waals surface area contributed by atoms with Crippen molar-refractivity contribution in [1.29, 1.82) is 0 Å². The number of nitrogens with zero attached hydrogens (tertiary/aromatic N) is 1. The van der Waals surface area contributed by atoms with Crippen LogP contribution in [0.5, 0.6) is 5.19 Å². The Balaban J connectivity index is 1.12. The summed E-state index contributed by atoms with van der Waals surface area (Å²) in [5.41, 5.74) is 0.582. The zero-order valence-electron chi connectivity index (χ0n) is 20.0. The number of thiazole rings is 1. The Kier molecular flexibility index (Phi) is 7.47. The van der Waals surface area contributed by atoms with Crippen molar-refractivity contribution in [3.63, 3.8) is 0 Å². The number of nitrogens with one attached hydrogen (secondary N) is 2. The van der Waals surface area contributed by atoms with Crippen LogP contribution in [0.15, 0.2) is 6.20 Å². The second kappa shape index (κ2) is 9.98. The molecule has 4 bridgehead atoms. The Morgan fingerprint density at radius 1 is 1.22 bits per heavy atom. The number of β-amino-alcohol motifs (C(OH)–C–C–N with tert-alkyl or cyclic N) is 1. The van der Waals surface area contributed by atoms with E-state index < -0.39 is 6.10 Å². The normalized spacial score (nSPS) is 29.8. The van der Waals surface area contributed by atoms with E-state index in [1.807, 2.05) is 0 Å². The van der Waals surface area contributed by atoms with Gasteiger partial charge in [0.1, 0.15) is 17.6 Å². The van der Waals surface area contributed by atoms with Gasteiger partial charge in [-0.05, 0) is 95.3 Å². The van der Waals surface area contributed by atoms with Crippen LogP contribution in [0.1, 0.15) is 88.2 Å². The first-order valence-corrected chi connectivity index (χ1v) is 13.3. The van der Waals surface area contributed by atoms with Gasteiger partial charge in [0.2, 0.25) is 0 Å². The average molecular weight is 464 g/mol. The number of hydrogen-bond donors (Lipinski definition) is 3. The highest BCUT2D eigenvalue weighted by molar-refractivity contribution is 7.15. The molecule has 180 valence electrons. The standard InChI is InChI=1S/C25H41N3O3S/c1-24(2,3)28-14-20(29)16-31-23-27-15-21(32-23)22(30)26-7-5-4-6-25-11-17-8-18(12-25)10-19(9-17)13-25/h15,17-20,28-29H,4-14,16H2,1-3H3,(H,26,30). The molecule has 0 aromatic carbocycles. The number of rotatable bonds is 11. The van der Waals surface area contributed by atoms with E-state index in [9.17, 15) is 9.90 Å². The molecule has 4 saturated carbocycles. The molecule has 0 spiro atoms. The number of aliphatic hydroxyl groups excluding tert-OH is 1. The number of unbranched alkanes of at least 4 members (excludes halogenated alkanes) is 1. The van der Waals surface area contributed by atoms with Gasteiger partial charge in [0.05, 0.1) is 6.20 Å². The number of aromatic nitrogens is 1. The molecule has 1 heterocycles. The van der Waals surface area contributed by atoms with Gasteiger partial charge in [-0.3, -0.25) is 4.79 Å². The summed E-state index contributed by atoms with van der Waals surface area (Å²) < 4.78 is 5.56. The largest absolute Gasteiger partial charge is 0.467 e. The lowest BCUT2D eigenvalue weighted by atomic mass is 9.48. The molecule has 1 aromatic rings. The number of ether oxygens (including phenoxy) is 1. The monoisotopic (exact) mass is 463 g/mol. The van der Waals surface area contributed by atoms with Gasteiger partial charge in [-0.25, -0.2) is 4.98 Å². The van der Waals surface area contributed by atoms with Gasteiger partial charge in [0.15, 0.2) is 0 Å². The van der Waals surface area contributed by atoms with Crippen LogP contribution in [0.4, 0.5) is 0 Å². The van der Waals surface area contributed by atoms with Gasteiger partial charge in [-0.2, -0.15) is 0 Å². The summed E-state index contributed by atoms with van der Waals surface area (Å²) in [6.07, 6.45) is 13.5. The number of carbonyl (C=O) groups excluding carboxylic acids is 1. The van der Waals surface area contributed by atoms with Crippen molar-refractivity contribution in [2.45, 2.75) is 90.2 Å². The lowest BCUT2D eigenvalue weighted by Gasteiger charge is -2.57. The molecule has 3 N–H and O–H groups in total. The van der Waals surface area contributed by atoms with Crippen molar-refractivity contribution >= 4 is 17.2 Å². The molecule has 0 radical (unpaired) electrons. The quantitative estimate of drug-likeness (QED) is 0.424. The third-order valence-corrected chi connectivity index (χ3v) is 8.47. The molecule has 0 saturated heterocycles. The molecule has 32 heavy (non-hydrogen) atoms. The highest BCUT2D eigenvalue weighted by Crippen LogP contribution is 2.61. The highest BCUT2D eigenvalue weighted by atomic mass is 32.1. The van der Waals surface area contributed by atoms with Gasteiger partial charge in [0.25, 0.3) is 11.1 Å². The summed E-state index contributed by atoms with van der Waals surface area (Å²) >= 11 is 1.23. The molecule has 5 rings (SSSR count). The molecule has 1 atom stereocenters. The van der Waals surface area contributed by atoms with Gasteiger partial charge < -0.3 is 20.5 Å². The van der Waals surface area contributed by atoms with E-state index in [2.05, 4.69) is 36.4 Å². The maximum atomic E-state index is 12.4. The minimum Gasteiger partial charge on any atom is -0.467 e. The van der Waals surface area contributed by atoms with E-state index in [0.717, 1.165) is 30.7 Å². The second-order valence-electron chi connectivity index (χ2n) is 11.7. The average Bonchev–Trinajstić information content (AvgIpc) is 3.18. The first-order valence-electron chi connectivity index (χ1n) is 12.5. The van der Waals surface area contributed by atoms with Crippen LogP contribution in [0.25, 0.3) is 0 Å². The molecular weight excluding hydrogens is 422 g/mol. The van der Waals surface area contributed by atoms with Crippen LogP contribution in [-0.2, 0) is 0 Å². The van der Waals surface area contributed by atoms with Gasteiger partial charge >= 0.3 is 0 Å². The van der Waals surface area contributed by atoms with Gasteiger partial charge in [-0.1, -0.05) is 17.8 Å². The maximum absolute atomic E-state index is 12.4. The second-order valence-corrected chi connectivity index (χ2v) is 12.7. The Morgan fingerprint density at radius 3 is 2.50 bits per heavy atom. The molecule has 4 fully saturated rings. The van der Waals surface area contributed by atoms with Crippen molar-refractivity contribution in [1.82, 2.24) is 15.6 Å². The minimum absolute atomic E-state index is 0.0529. The predicted octanol–water partition coefficient (Wildman–Crippen LogP) is 4.39. The van der Waals surface area contributed by atoms with Crippen LogP contribution in [0, 0.1) is 23.2 Å². The zero-order valence-corrected chi connectivity index (χ0v) is 20.8. The third-order valence-electron chi connectivity index (χ3n) is 7.56. The van der Waals surface area contributed by atoms with Crippen LogP contribution in [0.3, 0.4) is 0 Å². The first kappa shape index (κ1) is 24.0. The van der Waals surface area contributed by atoms with Crippen LogP contribution in [0.2, 0.25) is 0 Å². The lowest BCUT2D eigenvalue weighted by molar-refractivity contribution is -0.0582. The van der Waals surface area contributed by atoms with E-state index in [1.54, 1.807) is 6.20 Å². The van der Waals surface area contributed by atoms with Crippen molar-refractivity contribution in [2.24, 2.45) is 23.2 Å². The third kappa shape index (κ3) is 6.45. The van der Waals surface area contributed by atoms with Gasteiger partial charge in [0, 0.05) is 18.6 Å². The molecule has 0 aliphatic heterocycles. The lowest BCUT2D eigenvalue weighted by Crippen LogP contribution is -2.45. The van der Waals surface area contributed by atoms with E-state index in [1.165, 1.54) is 62.7 Å². The highest BCUT2D eigenvalue weighted by Gasteiger charge is 2.50. The Labute approximate surface area is 196 Å². The van der Waals surface area contributed by atoms with Gasteiger partial charge in [-0.15, -0.1) is 0 Å². The summed E-state index contributed by atoms with van der Waals surface area (Å²) in [5, 5.41) is 16.7. The SMILES string of the molecule is CC(C)(C)NCC(O)COc1ncc(C(=O)NCCCCC23CC4CC(CC(C4)C2)C3)s1. The maximum Gasteiger partial charge on any atom is 0.273 e. The molecular formula is C25H41N3O3S. The summed E-state index contributed by atoms with van der Waals surface area (Å²) in [6, 6.07) is 0. The Bertz CT molecular complexity index is 737. The predicted molar refractivity (Wildman–Crippen MR) is 128 cm³/mol. The van der Waals surface area contributed by atoms with Crippen molar-refractivity contribution in [3.05, 3.63) is 11.1 Å². The summed E-state index contributed by atoms with van der Waals surface area (Å²) in [5.74, 6) is 2.96. The summed E-state index contributed by atoms with van der Waals surface area (Å²) in [4.78, 5) is 17.2. The minimum atomic E-state index is -0.621. The van der Waals surface area contributed by atoms with E-state index in [0.29, 0.717) is 22.0 Å². The van der Waals surface area contributed by atoms with Crippen LogP contribution in [-0.4, -0.2) is 47.3 Å².